The summed E-state index contributed by atoms with van der Waals surface area (Å²) >= 11 is 10.1. The molecule has 0 aliphatic rings. The fourth-order valence-corrected chi connectivity index (χ4v) is 2.36. The van der Waals surface area contributed by atoms with Crippen molar-refractivity contribution in [1.82, 2.24) is 4.98 Å². The van der Waals surface area contributed by atoms with Crippen molar-refractivity contribution in [2.45, 2.75) is 0 Å². The molecular weight excluding hydrogens is 332 g/mol. The summed E-state index contributed by atoms with van der Waals surface area (Å²) in [5, 5.41) is 13.1. The molecule has 0 spiro atoms. The zero-order chi connectivity index (χ0) is 12.4. The Labute approximate surface area is 113 Å². The highest BCUT2D eigenvalue weighted by Crippen LogP contribution is 2.35. The molecule has 0 radical (unpaired) electrons. The Morgan fingerprint density at radius 2 is 2.29 bits per heavy atom. The molecule has 1 heterocycles. The van der Waals surface area contributed by atoms with Crippen molar-refractivity contribution in [2.75, 3.05) is 0 Å². The first-order valence-corrected chi connectivity index (χ1v) is 6.34. The van der Waals surface area contributed by atoms with E-state index in [2.05, 4.69) is 20.9 Å². The maximum Gasteiger partial charge on any atom is 0.313 e. The average Bonchev–Trinajstić information content (AvgIpc) is 2.66. The minimum Gasteiger partial charge on any atom is -0.423 e. The van der Waals surface area contributed by atoms with E-state index < -0.39 is 4.92 Å². The van der Waals surface area contributed by atoms with E-state index in [1.165, 1.54) is 29.5 Å². The van der Waals surface area contributed by atoms with E-state index in [4.69, 9.17) is 16.3 Å². The largest absolute Gasteiger partial charge is 0.423 e. The molecule has 0 amide bonds. The zero-order valence-corrected chi connectivity index (χ0v) is 11.3. The van der Waals surface area contributed by atoms with Crippen LogP contribution in [0.15, 0.2) is 28.2 Å². The van der Waals surface area contributed by atoms with Gasteiger partial charge in [-0.2, -0.15) is 4.98 Å². The molecule has 8 heteroatoms. The van der Waals surface area contributed by atoms with Crippen LogP contribution in [-0.2, 0) is 0 Å². The first-order valence-electron chi connectivity index (χ1n) is 4.29. The van der Waals surface area contributed by atoms with Crippen molar-refractivity contribution in [1.29, 1.82) is 0 Å². The number of nitro benzene ring substituents is 1. The lowest BCUT2D eigenvalue weighted by Gasteiger charge is -2.02. The Morgan fingerprint density at radius 3 is 2.88 bits per heavy atom. The number of nitrogens with zero attached hydrogens (tertiary/aromatic N) is 2. The highest BCUT2D eigenvalue weighted by molar-refractivity contribution is 9.10. The van der Waals surface area contributed by atoms with Crippen LogP contribution in [-0.4, -0.2) is 9.91 Å². The minimum atomic E-state index is -0.552. The predicted molar refractivity (Wildman–Crippen MR) is 68.0 cm³/mol. The molecule has 0 bridgehead atoms. The molecule has 5 nitrogen and oxygen atoms in total. The molecule has 0 saturated heterocycles. The summed E-state index contributed by atoms with van der Waals surface area (Å²) in [6.07, 6.45) is 0. The van der Waals surface area contributed by atoms with Crippen LogP contribution in [0.4, 0.5) is 5.69 Å². The maximum atomic E-state index is 10.8. The molecule has 1 aromatic heterocycles. The van der Waals surface area contributed by atoms with Crippen molar-refractivity contribution in [2.24, 2.45) is 0 Å². The third-order valence-electron chi connectivity index (χ3n) is 1.77. The quantitative estimate of drug-likeness (QED) is 0.621. The lowest BCUT2D eigenvalue weighted by atomic mass is 10.3. The SMILES string of the molecule is O=[N+]([O-])c1cc(Cl)ccc1Oc1nc(Br)cs1. The first-order chi connectivity index (χ1) is 8.06. The Bertz CT molecular complexity index is 575. The van der Waals surface area contributed by atoms with Crippen molar-refractivity contribution in [3.05, 3.63) is 43.3 Å². The van der Waals surface area contributed by atoms with Gasteiger partial charge in [0, 0.05) is 16.5 Å². The summed E-state index contributed by atoms with van der Waals surface area (Å²) in [6, 6.07) is 4.20. The van der Waals surface area contributed by atoms with Crippen LogP contribution in [0.2, 0.25) is 5.02 Å². The van der Waals surface area contributed by atoms with Crippen LogP contribution >= 0.6 is 38.9 Å². The van der Waals surface area contributed by atoms with Gasteiger partial charge in [-0.15, -0.1) is 0 Å². The number of thiazole rings is 1. The van der Waals surface area contributed by atoms with Crippen LogP contribution in [0.1, 0.15) is 0 Å². The van der Waals surface area contributed by atoms with Gasteiger partial charge in [-0.25, -0.2) is 0 Å². The van der Waals surface area contributed by atoms with Gasteiger partial charge in [0.15, 0.2) is 0 Å². The normalized spacial score (nSPS) is 10.2. The molecule has 0 unspecified atom stereocenters. The monoisotopic (exact) mass is 334 g/mol. The molecular formula is C9H4BrClN2O3S. The number of aromatic nitrogens is 1. The standard InChI is InChI=1S/C9H4BrClN2O3S/c10-8-4-17-9(12-8)16-7-2-1-5(11)3-6(7)13(14)15/h1-4H. The van der Waals surface area contributed by atoms with Crippen LogP contribution in [0, 0.1) is 10.1 Å². The molecule has 1 aromatic carbocycles. The van der Waals surface area contributed by atoms with Gasteiger partial charge >= 0.3 is 5.69 Å². The highest BCUT2D eigenvalue weighted by Gasteiger charge is 2.17. The average molecular weight is 336 g/mol. The summed E-state index contributed by atoms with van der Waals surface area (Å²) in [5.41, 5.74) is -0.191. The summed E-state index contributed by atoms with van der Waals surface area (Å²) in [7, 11) is 0. The number of ether oxygens (including phenoxy) is 1. The Hall–Kier alpha value is -1.18. The maximum absolute atomic E-state index is 10.8. The van der Waals surface area contributed by atoms with Gasteiger partial charge < -0.3 is 4.74 Å². The Kier molecular flexibility index (Phi) is 3.60. The molecule has 88 valence electrons. The molecule has 0 atom stereocenters. The van der Waals surface area contributed by atoms with E-state index in [0.717, 1.165) is 0 Å². The van der Waals surface area contributed by atoms with E-state index in [9.17, 15) is 10.1 Å². The van der Waals surface area contributed by atoms with Gasteiger partial charge in [0.25, 0.3) is 5.19 Å². The first kappa shape index (κ1) is 12.3. The smallest absolute Gasteiger partial charge is 0.313 e. The molecule has 0 aliphatic carbocycles. The Morgan fingerprint density at radius 1 is 1.53 bits per heavy atom. The fourth-order valence-electron chi connectivity index (χ4n) is 1.10. The number of halogens is 2. The van der Waals surface area contributed by atoms with Crippen LogP contribution in [0.5, 0.6) is 10.9 Å². The van der Waals surface area contributed by atoms with Gasteiger partial charge in [0.2, 0.25) is 5.75 Å². The third kappa shape index (κ3) is 2.93. The van der Waals surface area contributed by atoms with E-state index >= 15 is 0 Å². The number of hydrogen-bond acceptors (Lipinski definition) is 5. The van der Waals surface area contributed by atoms with Gasteiger partial charge in [-0.3, -0.25) is 10.1 Å². The summed E-state index contributed by atoms with van der Waals surface area (Å²) in [4.78, 5) is 14.2. The van der Waals surface area contributed by atoms with Crippen molar-refractivity contribution in [3.63, 3.8) is 0 Å². The summed E-state index contributed by atoms with van der Waals surface area (Å²) in [6.45, 7) is 0. The van der Waals surface area contributed by atoms with E-state index in [1.807, 2.05) is 0 Å². The van der Waals surface area contributed by atoms with E-state index in [-0.39, 0.29) is 16.5 Å². The second-order valence-corrected chi connectivity index (χ2v) is 4.98. The van der Waals surface area contributed by atoms with E-state index in [0.29, 0.717) is 9.80 Å². The second-order valence-electron chi connectivity index (χ2n) is 2.91. The number of nitro groups is 1. The van der Waals surface area contributed by atoms with Crippen LogP contribution in [0.25, 0.3) is 0 Å². The second kappa shape index (κ2) is 4.99. The van der Waals surface area contributed by atoms with Gasteiger partial charge in [0.05, 0.1) is 4.92 Å². The summed E-state index contributed by atoms with van der Waals surface area (Å²) < 4.78 is 5.94. The van der Waals surface area contributed by atoms with Crippen LogP contribution in [0.3, 0.4) is 0 Å². The fraction of sp³-hybridized carbons (Fsp3) is 0. The third-order valence-corrected chi connectivity index (χ3v) is 3.43. The summed E-state index contributed by atoms with van der Waals surface area (Å²) in [5.74, 6) is 0.112. The number of rotatable bonds is 3. The number of hydrogen-bond donors (Lipinski definition) is 0. The molecule has 0 saturated carbocycles. The predicted octanol–water partition coefficient (Wildman–Crippen LogP) is 4.26. The van der Waals surface area contributed by atoms with Gasteiger partial charge in [-0.1, -0.05) is 22.9 Å². The van der Waals surface area contributed by atoms with E-state index in [1.54, 1.807) is 5.38 Å². The highest BCUT2D eigenvalue weighted by atomic mass is 79.9. The molecule has 2 rings (SSSR count). The van der Waals surface area contributed by atoms with Crippen molar-refractivity contribution < 1.29 is 9.66 Å². The molecule has 2 aromatic rings. The van der Waals surface area contributed by atoms with Crippen LogP contribution < -0.4 is 4.74 Å². The lowest BCUT2D eigenvalue weighted by Crippen LogP contribution is -1.93. The minimum absolute atomic E-state index is 0.112. The number of benzene rings is 1. The molecule has 0 fully saturated rings. The zero-order valence-electron chi connectivity index (χ0n) is 8.09. The lowest BCUT2D eigenvalue weighted by molar-refractivity contribution is -0.385. The molecule has 17 heavy (non-hydrogen) atoms. The molecule has 0 aliphatic heterocycles. The van der Waals surface area contributed by atoms with Gasteiger partial charge in [0.1, 0.15) is 4.60 Å². The topological polar surface area (TPSA) is 65.3 Å². The van der Waals surface area contributed by atoms with Crippen molar-refractivity contribution >= 4 is 44.6 Å². The molecule has 0 N–H and O–H groups in total. The van der Waals surface area contributed by atoms with Crippen molar-refractivity contribution in [3.8, 4) is 10.9 Å². The van der Waals surface area contributed by atoms with Gasteiger partial charge in [-0.05, 0) is 28.1 Å². The Balaban J connectivity index is 2.35.